The zero-order valence-electron chi connectivity index (χ0n) is 9.97. The molecule has 0 spiro atoms. The standard InChI is InChI=1S/C12H16N4O/c1-16(2)9-5-3-8(4-6-9)7-10-11(13)15-17-12(10)14/h3-6H,7,14H2,1-2H3,(H2,13,15). The highest BCUT2D eigenvalue weighted by Crippen LogP contribution is 2.23. The van der Waals surface area contributed by atoms with Crippen molar-refractivity contribution in [2.24, 2.45) is 0 Å². The fourth-order valence-corrected chi connectivity index (χ4v) is 1.63. The van der Waals surface area contributed by atoms with Crippen LogP contribution in [-0.4, -0.2) is 19.3 Å². The van der Waals surface area contributed by atoms with Gasteiger partial charge in [-0.3, -0.25) is 0 Å². The van der Waals surface area contributed by atoms with Gasteiger partial charge in [0, 0.05) is 26.2 Å². The Morgan fingerprint density at radius 3 is 2.29 bits per heavy atom. The van der Waals surface area contributed by atoms with Gasteiger partial charge in [-0.25, -0.2) is 0 Å². The molecule has 0 amide bonds. The van der Waals surface area contributed by atoms with Crippen molar-refractivity contribution in [3.63, 3.8) is 0 Å². The zero-order valence-corrected chi connectivity index (χ0v) is 9.97. The molecule has 1 aromatic heterocycles. The van der Waals surface area contributed by atoms with Crippen LogP contribution in [0.2, 0.25) is 0 Å². The van der Waals surface area contributed by atoms with Crippen molar-refractivity contribution in [3.8, 4) is 0 Å². The molecule has 0 unspecified atom stereocenters. The number of hydrogen-bond acceptors (Lipinski definition) is 5. The van der Waals surface area contributed by atoms with Crippen molar-refractivity contribution in [1.29, 1.82) is 0 Å². The molecule has 0 atom stereocenters. The molecule has 17 heavy (non-hydrogen) atoms. The van der Waals surface area contributed by atoms with Crippen LogP contribution in [0, 0.1) is 0 Å². The van der Waals surface area contributed by atoms with Gasteiger partial charge in [-0.1, -0.05) is 17.3 Å². The summed E-state index contributed by atoms with van der Waals surface area (Å²) >= 11 is 0. The second kappa shape index (κ2) is 4.37. The van der Waals surface area contributed by atoms with Crippen LogP contribution in [0.15, 0.2) is 28.8 Å². The maximum atomic E-state index is 5.67. The van der Waals surface area contributed by atoms with E-state index in [0.717, 1.165) is 16.8 Å². The third kappa shape index (κ3) is 2.33. The van der Waals surface area contributed by atoms with Crippen LogP contribution in [-0.2, 0) is 6.42 Å². The molecular formula is C12H16N4O. The zero-order chi connectivity index (χ0) is 12.4. The highest BCUT2D eigenvalue weighted by Gasteiger charge is 2.11. The largest absolute Gasteiger partial charge is 0.381 e. The van der Waals surface area contributed by atoms with Crippen molar-refractivity contribution in [1.82, 2.24) is 5.16 Å². The lowest BCUT2D eigenvalue weighted by Crippen LogP contribution is -2.08. The Morgan fingerprint density at radius 2 is 1.82 bits per heavy atom. The molecule has 1 aromatic carbocycles. The summed E-state index contributed by atoms with van der Waals surface area (Å²) in [5.41, 5.74) is 14.4. The lowest BCUT2D eigenvalue weighted by atomic mass is 10.1. The second-order valence-electron chi connectivity index (χ2n) is 4.15. The monoisotopic (exact) mass is 232 g/mol. The van der Waals surface area contributed by atoms with Gasteiger partial charge in [-0.15, -0.1) is 0 Å². The minimum absolute atomic E-state index is 0.291. The van der Waals surface area contributed by atoms with E-state index in [-0.39, 0.29) is 0 Å². The number of nitrogen functional groups attached to an aromatic ring is 2. The van der Waals surface area contributed by atoms with Crippen LogP contribution < -0.4 is 16.4 Å². The first-order valence-electron chi connectivity index (χ1n) is 5.33. The Hall–Kier alpha value is -2.17. The van der Waals surface area contributed by atoms with Gasteiger partial charge >= 0.3 is 0 Å². The van der Waals surface area contributed by atoms with E-state index in [1.807, 2.05) is 31.1 Å². The lowest BCUT2D eigenvalue weighted by Gasteiger charge is -2.12. The SMILES string of the molecule is CN(C)c1ccc(Cc2c(N)noc2N)cc1. The van der Waals surface area contributed by atoms with E-state index >= 15 is 0 Å². The molecule has 0 aliphatic heterocycles. The summed E-state index contributed by atoms with van der Waals surface area (Å²) < 4.78 is 4.82. The van der Waals surface area contributed by atoms with E-state index in [2.05, 4.69) is 17.3 Å². The quantitative estimate of drug-likeness (QED) is 0.838. The summed E-state index contributed by atoms with van der Waals surface area (Å²) in [5, 5.41) is 3.63. The van der Waals surface area contributed by atoms with Crippen LogP contribution in [0.1, 0.15) is 11.1 Å². The minimum atomic E-state index is 0.291. The summed E-state index contributed by atoms with van der Waals surface area (Å²) in [7, 11) is 4.01. The van der Waals surface area contributed by atoms with Crippen molar-refractivity contribution in [2.45, 2.75) is 6.42 Å². The van der Waals surface area contributed by atoms with Gasteiger partial charge in [0.25, 0.3) is 0 Å². The molecule has 5 heteroatoms. The van der Waals surface area contributed by atoms with Crippen molar-refractivity contribution in [3.05, 3.63) is 35.4 Å². The molecule has 1 heterocycles. The second-order valence-corrected chi connectivity index (χ2v) is 4.15. The third-order valence-electron chi connectivity index (χ3n) is 2.68. The lowest BCUT2D eigenvalue weighted by molar-refractivity contribution is 0.439. The van der Waals surface area contributed by atoms with Crippen LogP contribution in [0.3, 0.4) is 0 Å². The molecule has 0 bridgehead atoms. The van der Waals surface area contributed by atoms with E-state index in [0.29, 0.717) is 18.1 Å². The predicted octanol–water partition coefficient (Wildman–Crippen LogP) is 1.50. The Morgan fingerprint density at radius 1 is 1.18 bits per heavy atom. The first-order chi connectivity index (χ1) is 8.08. The average Bonchev–Trinajstić information content (AvgIpc) is 2.61. The molecule has 90 valence electrons. The van der Waals surface area contributed by atoms with Gasteiger partial charge in [0.05, 0.1) is 5.56 Å². The molecule has 5 nitrogen and oxygen atoms in total. The summed E-state index contributed by atoms with van der Waals surface area (Å²) in [5.74, 6) is 0.651. The molecule has 2 aromatic rings. The Bertz CT molecular complexity index is 482. The Kier molecular flexibility index (Phi) is 2.91. The summed E-state index contributed by atoms with van der Waals surface area (Å²) in [4.78, 5) is 2.05. The van der Waals surface area contributed by atoms with Gasteiger partial charge in [-0.2, -0.15) is 0 Å². The highest BCUT2D eigenvalue weighted by molar-refractivity contribution is 5.54. The first-order valence-corrected chi connectivity index (χ1v) is 5.33. The van der Waals surface area contributed by atoms with Gasteiger partial charge in [-0.05, 0) is 17.7 Å². The fourth-order valence-electron chi connectivity index (χ4n) is 1.63. The Labute approximate surface area is 100.0 Å². The fraction of sp³-hybridized carbons (Fsp3) is 0.250. The number of aromatic nitrogens is 1. The highest BCUT2D eigenvalue weighted by atomic mass is 16.5. The van der Waals surface area contributed by atoms with Crippen molar-refractivity contribution < 1.29 is 4.52 Å². The van der Waals surface area contributed by atoms with Crippen LogP contribution in [0.25, 0.3) is 0 Å². The first kappa shape index (κ1) is 11.3. The maximum absolute atomic E-state index is 5.67. The van der Waals surface area contributed by atoms with Crippen LogP contribution in [0.4, 0.5) is 17.4 Å². The molecule has 2 rings (SSSR count). The number of nitrogens with two attached hydrogens (primary N) is 2. The molecule has 4 N–H and O–H groups in total. The number of nitrogens with zero attached hydrogens (tertiary/aromatic N) is 2. The summed E-state index contributed by atoms with van der Waals surface area (Å²) in [6.07, 6.45) is 0.634. The molecule has 0 saturated carbocycles. The predicted molar refractivity (Wildman–Crippen MR) is 68.9 cm³/mol. The van der Waals surface area contributed by atoms with E-state index in [9.17, 15) is 0 Å². The topological polar surface area (TPSA) is 81.3 Å². The molecule has 0 radical (unpaired) electrons. The molecular weight excluding hydrogens is 216 g/mol. The van der Waals surface area contributed by atoms with Crippen molar-refractivity contribution in [2.75, 3.05) is 30.5 Å². The molecule has 0 aliphatic rings. The summed E-state index contributed by atoms with van der Waals surface area (Å²) in [6, 6.07) is 8.19. The van der Waals surface area contributed by atoms with Gasteiger partial charge in [0.15, 0.2) is 5.82 Å². The molecule has 0 saturated heterocycles. The van der Waals surface area contributed by atoms with Gasteiger partial charge < -0.3 is 20.9 Å². The van der Waals surface area contributed by atoms with Gasteiger partial charge in [0.2, 0.25) is 5.88 Å². The van der Waals surface area contributed by atoms with E-state index in [4.69, 9.17) is 16.0 Å². The number of benzene rings is 1. The average molecular weight is 232 g/mol. The summed E-state index contributed by atoms with van der Waals surface area (Å²) in [6.45, 7) is 0. The molecule has 0 aliphatic carbocycles. The van der Waals surface area contributed by atoms with E-state index < -0.39 is 0 Å². The van der Waals surface area contributed by atoms with Crippen LogP contribution in [0.5, 0.6) is 0 Å². The Balaban J connectivity index is 2.19. The van der Waals surface area contributed by atoms with E-state index in [1.54, 1.807) is 0 Å². The number of anilines is 3. The smallest absolute Gasteiger partial charge is 0.227 e. The third-order valence-corrected chi connectivity index (χ3v) is 2.68. The van der Waals surface area contributed by atoms with Gasteiger partial charge in [0.1, 0.15) is 0 Å². The number of hydrogen-bond donors (Lipinski definition) is 2. The minimum Gasteiger partial charge on any atom is -0.381 e. The normalized spacial score (nSPS) is 10.5. The maximum Gasteiger partial charge on any atom is 0.227 e. The van der Waals surface area contributed by atoms with E-state index in [1.165, 1.54) is 0 Å². The number of rotatable bonds is 3. The van der Waals surface area contributed by atoms with Crippen LogP contribution >= 0.6 is 0 Å². The van der Waals surface area contributed by atoms with Crippen molar-refractivity contribution >= 4 is 17.4 Å². The molecule has 0 fully saturated rings.